The van der Waals surface area contributed by atoms with Gasteiger partial charge in [0.15, 0.2) is 0 Å². The number of aromatic nitrogens is 2. The molecule has 1 heterocycles. The topological polar surface area (TPSA) is 64.9 Å². The summed E-state index contributed by atoms with van der Waals surface area (Å²) in [7, 11) is 0. The first-order chi connectivity index (χ1) is 6.27. The van der Waals surface area contributed by atoms with Gasteiger partial charge in [-0.2, -0.15) is 0 Å². The van der Waals surface area contributed by atoms with E-state index in [2.05, 4.69) is 17.1 Å². The van der Waals surface area contributed by atoms with Gasteiger partial charge in [-0.1, -0.05) is 20.3 Å². The first-order valence-electron chi connectivity index (χ1n) is 4.85. The van der Waals surface area contributed by atoms with Crippen LogP contribution in [0.3, 0.4) is 0 Å². The molecule has 1 rings (SSSR count). The largest absolute Gasteiger partial charge is 0.424 e. The summed E-state index contributed by atoms with van der Waals surface area (Å²) in [6, 6.07) is -0.108. The third kappa shape index (κ3) is 2.81. The molecule has 1 atom stereocenters. The van der Waals surface area contributed by atoms with Crippen LogP contribution in [0.25, 0.3) is 0 Å². The van der Waals surface area contributed by atoms with Crippen molar-refractivity contribution in [1.29, 1.82) is 0 Å². The summed E-state index contributed by atoms with van der Waals surface area (Å²) in [5.74, 6) is 1.27. The Balaban J connectivity index is 2.53. The van der Waals surface area contributed by atoms with Gasteiger partial charge in [0, 0.05) is 6.42 Å². The van der Waals surface area contributed by atoms with E-state index in [0.717, 1.165) is 25.7 Å². The van der Waals surface area contributed by atoms with Crippen LogP contribution in [0.4, 0.5) is 0 Å². The summed E-state index contributed by atoms with van der Waals surface area (Å²) in [5.41, 5.74) is 5.74. The van der Waals surface area contributed by atoms with E-state index in [1.165, 1.54) is 0 Å². The molecule has 0 fully saturated rings. The zero-order valence-electron chi connectivity index (χ0n) is 8.29. The maximum atomic E-state index is 5.74. The molecular weight excluding hydrogens is 166 g/mol. The molecule has 1 unspecified atom stereocenters. The average molecular weight is 183 g/mol. The predicted octanol–water partition coefficient (Wildman–Crippen LogP) is 1.82. The highest BCUT2D eigenvalue weighted by atomic mass is 16.4. The van der Waals surface area contributed by atoms with Crippen LogP contribution < -0.4 is 5.73 Å². The van der Waals surface area contributed by atoms with Crippen molar-refractivity contribution in [3.8, 4) is 0 Å². The maximum Gasteiger partial charge on any atom is 0.233 e. The minimum Gasteiger partial charge on any atom is -0.424 e. The standard InChI is InChI=1S/C9H17N3O/c1-3-5-6-8-11-12-9(13-8)7(10)4-2/h7H,3-6,10H2,1-2H3. The van der Waals surface area contributed by atoms with Crippen LogP contribution in [-0.4, -0.2) is 10.2 Å². The van der Waals surface area contributed by atoms with Crippen molar-refractivity contribution in [3.63, 3.8) is 0 Å². The molecule has 0 bridgehead atoms. The van der Waals surface area contributed by atoms with Crippen LogP contribution in [0.15, 0.2) is 4.42 Å². The zero-order valence-corrected chi connectivity index (χ0v) is 8.29. The Morgan fingerprint density at radius 1 is 1.38 bits per heavy atom. The SMILES string of the molecule is CCCCc1nnc(C(N)CC)o1. The molecule has 0 aliphatic rings. The molecule has 0 saturated heterocycles. The Morgan fingerprint density at radius 3 is 2.77 bits per heavy atom. The first kappa shape index (κ1) is 10.2. The highest BCUT2D eigenvalue weighted by Crippen LogP contribution is 2.12. The fourth-order valence-electron chi connectivity index (χ4n) is 1.02. The van der Waals surface area contributed by atoms with Crippen molar-refractivity contribution in [3.05, 3.63) is 11.8 Å². The van der Waals surface area contributed by atoms with E-state index in [4.69, 9.17) is 10.2 Å². The molecule has 0 aromatic carbocycles. The number of hydrogen-bond donors (Lipinski definition) is 1. The van der Waals surface area contributed by atoms with E-state index in [1.807, 2.05) is 6.92 Å². The van der Waals surface area contributed by atoms with Crippen LogP contribution in [-0.2, 0) is 6.42 Å². The summed E-state index contributed by atoms with van der Waals surface area (Å²) in [6.45, 7) is 4.13. The minimum atomic E-state index is -0.108. The lowest BCUT2D eigenvalue weighted by Gasteiger charge is -1.99. The van der Waals surface area contributed by atoms with Crippen molar-refractivity contribution in [2.24, 2.45) is 5.73 Å². The Labute approximate surface area is 78.5 Å². The molecule has 1 aromatic rings. The molecule has 0 radical (unpaired) electrons. The van der Waals surface area contributed by atoms with Crippen LogP contribution in [0.2, 0.25) is 0 Å². The number of rotatable bonds is 5. The minimum absolute atomic E-state index is 0.108. The average Bonchev–Trinajstić information content (AvgIpc) is 2.62. The summed E-state index contributed by atoms with van der Waals surface area (Å²) in [4.78, 5) is 0. The summed E-state index contributed by atoms with van der Waals surface area (Å²) in [5, 5.41) is 7.82. The molecule has 1 aromatic heterocycles. The Morgan fingerprint density at radius 2 is 2.15 bits per heavy atom. The Bertz CT molecular complexity index is 247. The van der Waals surface area contributed by atoms with Gasteiger partial charge in [-0.3, -0.25) is 0 Å². The molecule has 2 N–H and O–H groups in total. The van der Waals surface area contributed by atoms with Gasteiger partial charge < -0.3 is 10.2 Å². The summed E-state index contributed by atoms with van der Waals surface area (Å²) in [6.07, 6.45) is 3.91. The lowest BCUT2D eigenvalue weighted by molar-refractivity contribution is 0.409. The van der Waals surface area contributed by atoms with Crippen LogP contribution in [0, 0.1) is 0 Å². The van der Waals surface area contributed by atoms with Gasteiger partial charge in [0.25, 0.3) is 0 Å². The maximum absolute atomic E-state index is 5.74. The summed E-state index contributed by atoms with van der Waals surface area (Å²) >= 11 is 0. The number of nitrogens with two attached hydrogens (primary N) is 1. The van der Waals surface area contributed by atoms with E-state index in [0.29, 0.717) is 11.8 Å². The van der Waals surface area contributed by atoms with Gasteiger partial charge >= 0.3 is 0 Å². The number of nitrogens with zero attached hydrogens (tertiary/aromatic N) is 2. The Kier molecular flexibility index (Phi) is 3.89. The second kappa shape index (κ2) is 4.97. The molecule has 0 saturated carbocycles. The van der Waals surface area contributed by atoms with E-state index in [1.54, 1.807) is 0 Å². The molecule has 74 valence electrons. The normalized spacial score (nSPS) is 13.2. The van der Waals surface area contributed by atoms with Crippen LogP contribution in [0.1, 0.15) is 50.9 Å². The molecule has 0 aliphatic carbocycles. The fraction of sp³-hybridized carbons (Fsp3) is 0.778. The fourth-order valence-corrected chi connectivity index (χ4v) is 1.02. The van der Waals surface area contributed by atoms with Gasteiger partial charge in [0.05, 0.1) is 6.04 Å². The molecule has 4 heteroatoms. The lowest BCUT2D eigenvalue weighted by Crippen LogP contribution is -2.08. The molecule has 0 amide bonds. The molecule has 4 nitrogen and oxygen atoms in total. The van der Waals surface area contributed by atoms with E-state index in [9.17, 15) is 0 Å². The van der Waals surface area contributed by atoms with E-state index < -0.39 is 0 Å². The second-order valence-electron chi connectivity index (χ2n) is 3.15. The van der Waals surface area contributed by atoms with Gasteiger partial charge in [0.2, 0.25) is 11.8 Å². The van der Waals surface area contributed by atoms with Crippen molar-refractivity contribution in [1.82, 2.24) is 10.2 Å². The third-order valence-corrected chi connectivity index (χ3v) is 1.98. The molecule has 0 spiro atoms. The third-order valence-electron chi connectivity index (χ3n) is 1.98. The monoisotopic (exact) mass is 183 g/mol. The van der Waals surface area contributed by atoms with E-state index >= 15 is 0 Å². The van der Waals surface area contributed by atoms with Gasteiger partial charge in [0.1, 0.15) is 0 Å². The van der Waals surface area contributed by atoms with Crippen LogP contribution in [0.5, 0.6) is 0 Å². The van der Waals surface area contributed by atoms with Gasteiger partial charge in [-0.15, -0.1) is 10.2 Å². The quantitative estimate of drug-likeness (QED) is 0.756. The van der Waals surface area contributed by atoms with Crippen molar-refractivity contribution >= 4 is 0 Å². The predicted molar refractivity (Wildman–Crippen MR) is 50.1 cm³/mol. The molecular formula is C9H17N3O. The number of hydrogen-bond acceptors (Lipinski definition) is 4. The van der Waals surface area contributed by atoms with Crippen molar-refractivity contribution in [2.45, 2.75) is 45.6 Å². The number of aryl methyl sites for hydroxylation is 1. The summed E-state index contributed by atoms with van der Waals surface area (Å²) < 4.78 is 5.39. The van der Waals surface area contributed by atoms with Crippen LogP contribution >= 0.6 is 0 Å². The molecule has 13 heavy (non-hydrogen) atoms. The van der Waals surface area contributed by atoms with E-state index in [-0.39, 0.29) is 6.04 Å². The van der Waals surface area contributed by atoms with Crippen molar-refractivity contribution in [2.75, 3.05) is 0 Å². The lowest BCUT2D eigenvalue weighted by atomic mass is 10.2. The first-order valence-corrected chi connectivity index (χ1v) is 4.85. The second-order valence-corrected chi connectivity index (χ2v) is 3.15. The van der Waals surface area contributed by atoms with Gasteiger partial charge in [-0.05, 0) is 12.8 Å². The highest BCUT2D eigenvalue weighted by molar-refractivity contribution is 4.87. The Hall–Kier alpha value is -0.900. The zero-order chi connectivity index (χ0) is 9.68. The molecule has 0 aliphatic heterocycles. The number of unbranched alkanes of at least 4 members (excludes halogenated alkanes) is 1. The highest BCUT2D eigenvalue weighted by Gasteiger charge is 2.11. The van der Waals surface area contributed by atoms with Crippen molar-refractivity contribution < 1.29 is 4.42 Å². The smallest absolute Gasteiger partial charge is 0.233 e. The van der Waals surface area contributed by atoms with Gasteiger partial charge in [-0.25, -0.2) is 0 Å².